The van der Waals surface area contributed by atoms with E-state index in [0.717, 1.165) is 11.1 Å². The van der Waals surface area contributed by atoms with Gasteiger partial charge in [-0.05, 0) is 61.9 Å². The van der Waals surface area contributed by atoms with Gasteiger partial charge in [0.2, 0.25) is 0 Å². The van der Waals surface area contributed by atoms with Crippen LogP contribution in [-0.2, 0) is 10.0 Å². The fourth-order valence-corrected chi connectivity index (χ4v) is 4.04. The third kappa shape index (κ3) is 5.09. The third-order valence-corrected chi connectivity index (χ3v) is 6.20. The summed E-state index contributed by atoms with van der Waals surface area (Å²) in [5, 5.41) is 3.43. The number of nitrogens with one attached hydrogen (secondary N) is 2. The minimum Gasteiger partial charge on any atom is -0.322 e. The maximum atomic E-state index is 12.7. The van der Waals surface area contributed by atoms with E-state index in [4.69, 9.17) is 23.2 Å². The zero-order valence-electron chi connectivity index (χ0n) is 15.7. The van der Waals surface area contributed by atoms with Gasteiger partial charge in [-0.2, -0.15) is 0 Å². The number of anilines is 2. The number of aryl methyl sites for hydroxylation is 2. The van der Waals surface area contributed by atoms with Crippen molar-refractivity contribution in [1.82, 2.24) is 0 Å². The van der Waals surface area contributed by atoms with Crippen molar-refractivity contribution >= 4 is 50.5 Å². The smallest absolute Gasteiger partial charge is 0.261 e. The fraction of sp³-hybridized carbons (Fsp3) is 0.0952. The zero-order valence-corrected chi connectivity index (χ0v) is 18.0. The third-order valence-electron chi connectivity index (χ3n) is 4.24. The van der Waals surface area contributed by atoms with E-state index in [0.29, 0.717) is 10.7 Å². The predicted molar refractivity (Wildman–Crippen MR) is 118 cm³/mol. The molecule has 0 aliphatic rings. The molecule has 0 aliphatic heterocycles. The average Bonchev–Trinajstić information content (AvgIpc) is 2.66. The molecule has 0 atom stereocenters. The van der Waals surface area contributed by atoms with Gasteiger partial charge in [-0.25, -0.2) is 8.42 Å². The Morgan fingerprint density at radius 2 is 1.59 bits per heavy atom. The normalized spacial score (nSPS) is 11.2. The lowest BCUT2D eigenvalue weighted by atomic mass is 10.1. The molecular weight excluding hydrogens is 431 g/mol. The highest BCUT2D eigenvalue weighted by Crippen LogP contribution is 2.26. The Bertz CT molecular complexity index is 1180. The van der Waals surface area contributed by atoms with Crippen molar-refractivity contribution in [2.75, 3.05) is 10.0 Å². The van der Waals surface area contributed by atoms with Crippen LogP contribution in [0.15, 0.2) is 65.6 Å². The maximum absolute atomic E-state index is 12.7. The van der Waals surface area contributed by atoms with Gasteiger partial charge in [-0.1, -0.05) is 47.0 Å². The maximum Gasteiger partial charge on any atom is 0.261 e. The van der Waals surface area contributed by atoms with E-state index in [2.05, 4.69) is 10.0 Å². The summed E-state index contributed by atoms with van der Waals surface area (Å²) in [5.74, 6) is -0.475. The van der Waals surface area contributed by atoms with E-state index in [1.807, 2.05) is 13.8 Å². The Labute approximate surface area is 179 Å². The van der Waals surface area contributed by atoms with Gasteiger partial charge in [0.25, 0.3) is 15.9 Å². The first kappa shape index (κ1) is 21.2. The molecule has 0 aromatic heterocycles. The zero-order chi connectivity index (χ0) is 21.2. The van der Waals surface area contributed by atoms with Crippen molar-refractivity contribution in [2.45, 2.75) is 18.7 Å². The summed E-state index contributed by atoms with van der Waals surface area (Å²) >= 11 is 12.2. The van der Waals surface area contributed by atoms with E-state index in [1.165, 1.54) is 30.3 Å². The highest BCUT2D eigenvalue weighted by atomic mass is 35.5. The Morgan fingerprint density at radius 3 is 2.28 bits per heavy atom. The molecule has 0 fully saturated rings. The lowest BCUT2D eigenvalue weighted by Crippen LogP contribution is -2.16. The number of sulfonamides is 1. The molecule has 8 heteroatoms. The Morgan fingerprint density at radius 1 is 0.897 bits per heavy atom. The summed E-state index contributed by atoms with van der Waals surface area (Å²) in [7, 11) is -3.80. The summed E-state index contributed by atoms with van der Waals surface area (Å²) < 4.78 is 27.7. The van der Waals surface area contributed by atoms with Gasteiger partial charge in [-0.15, -0.1) is 0 Å². The molecule has 0 saturated carbocycles. The number of carbonyl (C=O) groups excluding carboxylic acids is 1. The molecule has 3 aromatic rings. The van der Waals surface area contributed by atoms with Gasteiger partial charge < -0.3 is 5.32 Å². The minimum atomic E-state index is -3.80. The van der Waals surface area contributed by atoms with E-state index in [9.17, 15) is 13.2 Å². The molecule has 150 valence electrons. The number of amides is 1. The highest BCUT2D eigenvalue weighted by Gasteiger charge is 2.17. The van der Waals surface area contributed by atoms with E-state index in [-0.39, 0.29) is 21.2 Å². The van der Waals surface area contributed by atoms with Crippen LogP contribution in [0.25, 0.3) is 0 Å². The molecule has 2 N–H and O–H groups in total. The first-order valence-electron chi connectivity index (χ1n) is 8.62. The lowest BCUT2D eigenvalue weighted by Gasteiger charge is -2.12. The molecule has 5 nitrogen and oxygen atoms in total. The van der Waals surface area contributed by atoms with Gasteiger partial charge >= 0.3 is 0 Å². The van der Waals surface area contributed by atoms with Gasteiger partial charge in [0.1, 0.15) is 0 Å². The standard InChI is InChI=1S/C21H18Cl2N2O3S/c1-13-3-8-17(9-4-13)29(27,28)25-16-7-10-19(23)18(12-16)21(26)24-20-11-15(22)6-5-14(20)2/h3-12,25H,1-2H3,(H,24,26). The second kappa shape index (κ2) is 8.45. The number of rotatable bonds is 5. The fourth-order valence-electron chi connectivity index (χ4n) is 2.61. The SMILES string of the molecule is Cc1ccc(S(=O)(=O)Nc2ccc(Cl)c(C(=O)Nc3cc(Cl)ccc3C)c2)cc1. The number of carbonyl (C=O) groups is 1. The second-order valence-electron chi connectivity index (χ2n) is 6.53. The van der Waals surface area contributed by atoms with Crippen LogP contribution in [0.3, 0.4) is 0 Å². The van der Waals surface area contributed by atoms with Crippen LogP contribution in [0, 0.1) is 13.8 Å². The molecule has 1 amide bonds. The van der Waals surface area contributed by atoms with Crippen molar-refractivity contribution in [3.63, 3.8) is 0 Å². The van der Waals surface area contributed by atoms with Crippen molar-refractivity contribution in [3.05, 3.63) is 87.4 Å². The quantitative estimate of drug-likeness (QED) is 0.528. The first-order chi connectivity index (χ1) is 13.7. The van der Waals surface area contributed by atoms with Crippen molar-refractivity contribution < 1.29 is 13.2 Å². The van der Waals surface area contributed by atoms with Crippen LogP contribution in [0.4, 0.5) is 11.4 Å². The van der Waals surface area contributed by atoms with Crippen LogP contribution < -0.4 is 10.0 Å². The summed E-state index contributed by atoms with van der Waals surface area (Å²) in [5.41, 5.74) is 2.68. The molecule has 0 saturated heterocycles. The Kier molecular flexibility index (Phi) is 6.17. The minimum absolute atomic E-state index is 0.124. The summed E-state index contributed by atoms with van der Waals surface area (Å²) in [6.07, 6.45) is 0. The molecule has 0 unspecified atom stereocenters. The Balaban J connectivity index is 1.87. The Hall–Kier alpha value is -2.54. The molecule has 0 bridgehead atoms. The molecule has 3 aromatic carbocycles. The van der Waals surface area contributed by atoms with Gasteiger partial charge in [-0.3, -0.25) is 9.52 Å². The summed E-state index contributed by atoms with van der Waals surface area (Å²) in [6, 6.07) is 15.9. The molecule has 29 heavy (non-hydrogen) atoms. The highest BCUT2D eigenvalue weighted by molar-refractivity contribution is 7.92. The first-order valence-corrected chi connectivity index (χ1v) is 10.9. The van der Waals surface area contributed by atoms with Crippen LogP contribution >= 0.6 is 23.2 Å². The molecule has 0 spiro atoms. The van der Waals surface area contributed by atoms with Crippen LogP contribution in [-0.4, -0.2) is 14.3 Å². The second-order valence-corrected chi connectivity index (χ2v) is 9.05. The average molecular weight is 449 g/mol. The van der Waals surface area contributed by atoms with Crippen LogP contribution in [0.2, 0.25) is 10.0 Å². The van der Waals surface area contributed by atoms with Gasteiger partial charge in [0, 0.05) is 16.4 Å². The van der Waals surface area contributed by atoms with Gasteiger partial charge in [0.05, 0.1) is 15.5 Å². The van der Waals surface area contributed by atoms with Crippen molar-refractivity contribution in [2.24, 2.45) is 0 Å². The number of hydrogen-bond acceptors (Lipinski definition) is 3. The van der Waals surface area contributed by atoms with Crippen LogP contribution in [0.5, 0.6) is 0 Å². The van der Waals surface area contributed by atoms with E-state index in [1.54, 1.807) is 30.3 Å². The van der Waals surface area contributed by atoms with E-state index < -0.39 is 15.9 Å². The largest absolute Gasteiger partial charge is 0.322 e. The molecule has 3 rings (SSSR count). The number of hydrogen-bond donors (Lipinski definition) is 2. The summed E-state index contributed by atoms with van der Waals surface area (Å²) in [4.78, 5) is 12.8. The summed E-state index contributed by atoms with van der Waals surface area (Å²) in [6.45, 7) is 3.70. The molecule has 0 aliphatic carbocycles. The van der Waals surface area contributed by atoms with Crippen molar-refractivity contribution in [1.29, 1.82) is 0 Å². The predicted octanol–water partition coefficient (Wildman–Crippen LogP) is 5.66. The molecular formula is C21H18Cl2N2O3S. The van der Waals surface area contributed by atoms with Crippen LogP contribution in [0.1, 0.15) is 21.5 Å². The van der Waals surface area contributed by atoms with Gasteiger partial charge in [0.15, 0.2) is 0 Å². The number of halogens is 2. The topological polar surface area (TPSA) is 75.3 Å². The van der Waals surface area contributed by atoms with Crippen molar-refractivity contribution in [3.8, 4) is 0 Å². The lowest BCUT2D eigenvalue weighted by molar-refractivity contribution is 0.102. The monoisotopic (exact) mass is 448 g/mol. The number of benzene rings is 3. The molecule has 0 radical (unpaired) electrons. The van der Waals surface area contributed by atoms with E-state index >= 15 is 0 Å². The molecule has 0 heterocycles.